The van der Waals surface area contributed by atoms with Gasteiger partial charge in [-0.3, -0.25) is 14.9 Å². The zero-order valence-corrected chi connectivity index (χ0v) is 19.1. The summed E-state index contributed by atoms with van der Waals surface area (Å²) in [5.41, 5.74) is 2.85. The lowest BCUT2D eigenvalue weighted by Crippen LogP contribution is -2.49. The van der Waals surface area contributed by atoms with Crippen LogP contribution in [0.3, 0.4) is 0 Å². The van der Waals surface area contributed by atoms with Crippen molar-refractivity contribution in [2.75, 3.05) is 31.1 Å². The number of carbonyl (C=O) groups excluding carboxylic acids is 1. The van der Waals surface area contributed by atoms with Crippen molar-refractivity contribution in [2.24, 2.45) is 0 Å². The maximum absolute atomic E-state index is 13.6. The number of benzene rings is 3. The minimum Gasteiger partial charge on any atom is -0.368 e. The van der Waals surface area contributed by atoms with Crippen LogP contribution in [0.15, 0.2) is 78.9 Å². The lowest BCUT2D eigenvalue weighted by atomic mass is 10.1. The number of anilines is 1. The van der Waals surface area contributed by atoms with E-state index in [1.54, 1.807) is 47.4 Å². The summed E-state index contributed by atoms with van der Waals surface area (Å²) in [6.07, 6.45) is 0. The molecule has 0 aliphatic carbocycles. The maximum atomic E-state index is 13.6. The van der Waals surface area contributed by atoms with Crippen molar-refractivity contribution < 1.29 is 18.5 Å². The van der Waals surface area contributed by atoms with Gasteiger partial charge in [-0.2, -0.15) is 5.10 Å². The summed E-state index contributed by atoms with van der Waals surface area (Å²) in [4.78, 5) is 27.8. The molecule has 1 fully saturated rings. The largest absolute Gasteiger partial charge is 0.368 e. The van der Waals surface area contributed by atoms with E-state index in [2.05, 4.69) is 10.00 Å². The summed E-state index contributed by atoms with van der Waals surface area (Å²) in [5.74, 6) is -1.01. The molecule has 0 atom stereocenters. The predicted octanol–water partition coefficient (Wildman–Crippen LogP) is 4.69. The number of non-ortho nitro benzene ring substituents is 1. The van der Waals surface area contributed by atoms with Gasteiger partial charge in [0.05, 0.1) is 16.3 Å². The predicted molar refractivity (Wildman–Crippen MR) is 130 cm³/mol. The lowest BCUT2D eigenvalue weighted by molar-refractivity contribution is -0.384. The number of hydrogen-bond donors (Lipinski definition) is 0. The SMILES string of the molecule is O=C(c1cc(-c2ccc(F)cc2)nn1-c1ccc(F)cc1)N1CCN(c2ccc([N+](=O)[O-])cc2)CC1. The molecule has 1 aliphatic rings. The normalized spacial score (nSPS) is 13.6. The van der Waals surface area contributed by atoms with E-state index in [0.717, 1.165) is 5.69 Å². The monoisotopic (exact) mass is 489 g/mol. The van der Waals surface area contributed by atoms with Crippen LogP contribution < -0.4 is 4.90 Å². The van der Waals surface area contributed by atoms with Crippen LogP contribution in [0, 0.1) is 21.7 Å². The molecule has 0 bridgehead atoms. The molecule has 5 rings (SSSR count). The van der Waals surface area contributed by atoms with E-state index in [-0.39, 0.29) is 17.4 Å². The van der Waals surface area contributed by atoms with Crippen LogP contribution in [-0.4, -0.2) is 51.7 Å². The number of aromatic nitrogens is 2. The van der Waals surface area contributed by atoms with Gasteiger partial charge in [-0.15, -0.1) is 0 Å². The summed E-state index contributed by atoms with van der Waals surface area (Å²) in [6.45, 7) is 1.99. The molecule has 10 heteroatoms. The molecular formula is C26H21F2N5O3. The van der Waals surface area contributed by atoms with Crippen LogP contribution in [0.2, 0.25) is 0 Å². The Hall–Kier alpha value is -4.60. The average molecular weight is 489 g/mol. The van der Waals surface area contributed by atoms with Crippen molar-refractivity contribution in [2.45, 2.75) is 0 Å². The summed E-state index contributed by atoms with van der Waals surface area (Å²) >= 11 is 0. The van der Waals surface area contributed by atoms with E-state index >= 15 is 0 Å². The van der Waals surface area contributed by atoms with Gasteiger partial charge in [-0.25, -0.2) is 13.5 Å². The Kier molecular flexibility index (Phi) is 6.16. The Balaban J connectivity index is 1.39. The van der Waals surface area contributed by atoms with Crippen LogP contribution in [-0.2, 0) is 0 Å². The molecule has 3 aromatic carbocycles. The molecule has 4 aromatic rings. The number of hydrogen-bond acceptors (Lipinski definition) is 5. The van der Waals surface area contributed by atoms with Gasteiger partial charge in [-0.1, -0.05) is 0 Å². The van der Waals surface area contributed by atoms with Crippen molar-refractivity contribution in [3.63, 3.8) is 0 Å². The molecule has 0 unspecified atom stereocenters. The van der Waals surface area contributed by atoms with E-state index in [0.29, 0.717) is 48.8 Å². The van der Waals surface area contributed by atoms with Gasteiger partial charge in [0, 0.05) is 49.6 Å². The first-order valence-electron chi connectivity index (χ1n) is 11.3. The van der Waals surface area contributed by atoms with Crippen molar-refractivity contribution in [1.82, 2.24) is 14.7 Å². The van der Waals surface area contributed by atoms with Gasteiger partial charge in [0.25, 0.3) is 11.6 Å². The highest BCUT2D eigenvalue weighted by atomic mass is 19.1. The van der Waals surface area contributed by atoms with Gasteiger partial charge in [0.2, 0.25) is 0 Å². The summed E-state index contributed by atoms with van der Waals surface area (Å²) < 4.78 is 28.4. The number of halogens is 2. The van der Waals surface area contributed by atoms with Gasteiger partial charge >= 0.3 is 0 Å². The number of nitrogens with zero attached hydrogens (tertiary/aromatic N) is 5. The van der Waals surface area contributed by atoms with Crippen LogP contribution in [0.25, 0.3) is 16.9 Å². The minimum absolute atomic E-state index is 0.0265. The van der Waals surface area contributed by atoms with Gasteiger partial charge in [-0.05, 0) is 66.7 Å². The first kappa shape index (κ1) is 23.2. The van der Waals surface area contributed by atoms with Crippen molar-refractivity contribution in [3.8, 4) is 16.9 Å². The molecule has 182 valence electrons. The molecule has 0 N–H and O–H groups in total. The van der Waals surface area contributed by atoms with E-state index in [1.165, 1.54) is 41.1 Å². The molecule has 0 radical (unpaired) electrons. The lowest BCUT2D eigenvalue weighted by Gasteiger charge is -2.36. The molecule has 1 aliphatic heterocycles. The highest BCUT2D eigenvalue weighted by Crippen LogP contribution is 2.25. The third-order valence-electron chi connectivity index (χ3n) is 6.13. The number of rotatable bonds is 5. The van der Waals surface area contributed by atoms with Crippen LogP contribution in [0.5, 0.6) is 0 Å². The van der Waals surface area contributed by atoms with Gasteiger partial charge in [0.1, 0.15) is 17.3 Å². The Labute approximate surface area is 205 Å². The molecule has 1 aromatic heterocycles. The molecule has 2 heterocycles. The second-order valence-electron chi connectivity index (χ2n) is 8.36. The van der Waals surface area contributed by atoms with Crippen LogP contribution >= 0.6 is 0 Å². The number of nitro benzene ring substituents is 1. The van der Waals surface area contributed by atoms with E-state index in [1.807, 2.05) is 0 Å². The number of amides is 1. The van der Waals surface area contributed by atoms with Crippen molar-refractivity contribution >= 4 is 17.3 Å². The molecule has 1 amide bonds. The summed E-state index contributed by atoms with van der Waals surface area (Å²) in [6, 6.07) is 19.5. The maximum Gasteiger partial charge on any atom is 0.272 e. The molecule has 0 spiro atoms. The zero-order chi connectivity index (χ0) is 25.2. The molecule has 0 saturated carbocycles. The van der Waals surface area contributed by atoms with Crippen molar-refractivity contribution in [3.05, 3.63) is 106 Å². The quantitative estimate of drug-likeness (QED) is 0.300. The van der Waals surface area contributed by atoms with Crippen LogP contribution in [0.4, 0.5) is 20.2 Å². The van der Waals surface area contributed by atoms with Crippen LogP contribution in [0.1, 0.15) is 10.5 Å². The summed E-state index contributed by atoms with van der Waals surface area (Å²) in [7, 11) is 0. The fourth-order valence-electron chi connectivity index (χ4n) is 4.19. The third kappa shape index (κ3) is 4.65. The van der Waals surface area contributed by atoms with E-state index in [4.69, 9.17) is 0 Å². The molecule has 36 heavy (non-hydrogen) atoms. The van der Waals surface area contributed by atoms with E-state index in [9.17, 15) is 23.7 Å². The van der Waals surface area contributed by atoms with Gasteiger partial charge < -0.3 is 9.80 Å². The van der Waals surface area contributed by atoms with E-state index < -0.39 is 10.7 Å². The summed E-state index contributed by atoms with van der Waals surface area (Å²) in [5, 5.41) is 15.5. The number of nitro groups is 1. The number of piperazine rings is 1. The Morgan fingerprint density at radius 2 is 1.36 bits per heavy atom. The average Bonchev–Trinajstić information content (AvgIpc) is 3.35. The number of carbonyl (C=O) groups is 1. The smallest absolute Gasteiger partial charge is 0.272 e. The first-order chi connectivity index (χ1) is 17.4. The molecule has 1 saturated heterocycles. The zero-order valence-electron chi connectivity index (χ0n) is 19.1. The fourth-order valence-corrected chi connectivity index (χ4v) is 4.19. The topological polar surface area (TPSA) is 84.5 Å². The minimum atomic E-state index is -0.440. The van der Waals surface area contributed by atoms with Crippen molar-refractivity contribution in [1.29, 1.82) is 0 Å². The molecule has 8 nitrogen and oxygen atoms in total. The Morgan fingerprint density at radius 3 is 1.94 bits per heavy atom. The second kappa shape index (κ2) is 9.57. The highest BCUT2D eigenvalue weighted by Gasteiger charge is 2.26. The Morgan fingerprint density at radius 1 is 0.806 bits per heavy atom. The fraction of sp³-hybridized carbons (Fsp3) is 0.154. The third-order valence-corrected chi connectivity index (χ3v) is 6.13. The first-order valence-corrected chi connectivity index (χ1v) is 11.3. The molecular weight excluding hydrogens is 468 g/mol. The Bertz CT molecular complexity index is 1400. The van der Waals surface area contributed by atoms with Gasteiger partial charge in [0.15, 0.2) is 0 Å². The second-order valence-corrected chi connectivity index (χ2v) is 8.36. The highest BCUT2D eigenvalue weighted by molar-refractivity contribution is 5.94. The standard InChI is InChI=1S/C26H21F2N5O3/c27-19-3-1-18(2-4-19)24-17-25(32(29-24)22-7-5-20(28)6-8-22)26(34)31-15-13-30(14-16-31)21-9-11-23(12-10-21)33(35)36/h1-12,17H,13-16H2.